The molecule has 0 bridgehead atoms. The molecule has 0 unspecified atom stereocenters. The van der Waals surface area contributed by atoms with E-state index in [1.165, 1.54) is 12.8 Å². The van der Waals surface area contributed by atoms with Crippen LogP contribution in [0.4, 0.5) is 5.69 Å². The topological polar surface area (TPSA) is 50.4 Å². The molecule has 1 aliphatic heterocycles. The molecule has 1 aromatic rings. The molecule has 1 fully saturated rings. The quantitative estimate of drug-likeness (QED) is 0.729. The Balaban J connectivity index is 0.000000963. The lowest BCUT2D eigenvalue weighted by molar-refractivity contribution is 0.503. The van der Waals surface area contributed by atoms with Crippen molar-refractivity contribution in [1.29, 1.82) is 0 Å². The van der Waals surface area contributed by atoms with E-state index in [1.54, 1.807) is 0 Å². The summed E-state index contributed by atoms with van der Waals surface area (Å²) in [7, 11) is 0. The first-order valence-electron chi connectivity index (χ1n) is 5.52. The minimum atomic E-state index is -0.0988. The summed E-state index contributed by atoms with van der Waals surface area (Å²) in [6, 6.07) is 8.13. The molecule has 16 heavy (non-hydrogen) atoms. The standard InChI is InChI=1S/C12H15N3.ClH/c13-11-9-5-1-2-6-10(9)14-12(15-11)7-3-4-8-12;/h1-2,5-6,14H,3-4,7-8H2,(H2,13,15);1H. The Bertz CT molecular complexity index is 422. The van der Waals surface area contributed by atoms with Gasteiger partial charge >= 0.3 is 0 Å². The second-order valence-corrected chi connectivity index (χ2v) is 4.41. The van der Waals surface area contributed by atoms with Crippen LogP contribution in [-0.2, 0) is 0 Å². The Morgan fingerprint density at radius 3 is 2.62 bits per heavy atom. The van der Waals surface area contributed by atoms with Gasteiger partial charge in [0, 0.05) is 11.3 Å². The van der Waals surface area contributed by atoms with Gasteiger partial charge in [0.2, 0.25) is 0 Å². The van der Waals surface area contributed by atoms with Crippen LogP contribution >= 0.6 is 12.4 Å². The van der Waals surface area contributed by atoms with Gasteiger partial charge in [-0.15, -0.1) is 12.4 Å². The SMILES string of the molecule is Cl.NC1=NC2(CCCC2)Nc2ccccc21. The monoisotopic (exact) mass is 237 g/mol. The first-order chi connectivity index (χ1) is 7.29. The van der Waals surface area contributed by atoms with E-state index in [4.69, 9.17) is 5.73 Å². The number of aliphatic imine (C=N–C) groups is 1. The van der Waals surface area contributed by atoms with Crippen molar-refractivity contribution in [2.24, 2.45) is 10.7 Å². The largest absolute Gasteiger partial charge is 0.383 e. The maximum Gasteiger partial charge on any atom is 0.131 e. The average Bonchev–Trinajstić information content (AvgIpc) is 2.66. The average molecular weight is 238 g/mol. The molecule has 3 N–H and O–H groups in total. The lowest BCUT2D eigenvalue weighted by Gasteiger charge is -2.32. The van der Waals surface area contributed by atoms with E-state index in [9.17, 15) is 0 Å². The fourth-order valence-corrected chi connectivity index (χ4v) is 2.58. The number of halogens is 1. The Morgan fingerprint density at radius 2 is 1.88 bits per heavy atom. The minimum Gasteiger partial charge on any atom is -0.383 e. The third-order valence-corrected chi connectivity index (χ3v) is 3.34. The number of rotatable bonds is 0. The van der Waals surface area contributed by atoms with Gasteiger partial charge in [0.1, 0.15) is 11.5 Å². The van der Waals surface area contributed by atoms with Crippen LogP contribution in [0.3, 0.4) is 0 Å². The maximum absolute atomic E-state index is 6.01. The molecule has 1 spiro atoms. The number of amidine groups is 1. The van der Waals surface area contributed by atoms with Gasteiger partial charge in [-0.05, 0) is 37.8 Å². The number of nitrogens with one attached hydrogen (secondary N) is 1. The normalized spacial score (nSPS) is 20.6. The van der Waals surface area contributed by atoms with Crippen molar-refractivity contribution in [2.75, 3.05) is 5.32 Å². The fraction of sp³-hybridized carbons (Fsp3) is 0.417. The number of nitrogens with zero attached hydrogens (tertiary/aromatic N) is 1. The molecule has 1 aromatic carbocycles. The van der Waals surface area contributed by atoms with Gasteiger partial charge in [-0.25, -0.2) is 4.99 Å². The highest BCUT2D eigenvalue weighted by Crippen LogP contribution is 2.38. The van der Waals surface area contributed by atoms with Crippen molar-refractivity contribution >= 4 is 23.9 Å². The summed E-state index contributed by atoms with van der Waals surface area (Å²) in [6.07, 6.45) is 4.68. The summed E-state index contributed by atoms with van der Waals surface area (Å²) in [6.45, 7) is 0. The summed E-state index contributed by atoms with van der Waals surface area (Å²) < 4.78 is 0. The van der Waals surface area contributed by atoms with Crippen LogP contribution in [-0.4, -0.2) is 11.5 Å². The first-order valence-corrected chi connectivity index (χ1v) is 5.52. The van der Waals surface area contributed by atoms with Gasteiger partial charge < -0.3 is 11.1 Å². The summed E-state index contributed by atoms with van der Waals surface area (Å²) in [5.41, 5.74) is 8.08. The van der Waals surface area contributed by atoms with Crippen LogP contribution in [0.15, 0.2) is 29.3 Å². The molecule has 4 heteroatoms. The van der Waals surface area contributed by atoms with Crippen LogP contribution in [0.1, 0.15) is 31.2 Å². The summed E-state index contributed by atoms with van der Waals surface area (Å²) in [4.78, 5) is 4.64. The molecule has 0 aromatic heterocycles. The highest BCUT2D eigenvalue weighted by atomic mass is 35.5. The molecular weight excluding hydrogens is 222 g/mol. The van der Waals surface area contributed by atoms with E-state index in [1.807, 2.05) is 18.2 Å². The third-order valence-electron chi connectivity index (χ3n) is 3.34. The summed E-state index contributed by atoms with van der Waals surface area (Å²) in [5.74, 6) is 0.686. The van der Waals surface area contributed by atoms with Crippen LogP contribution in [0.25, 0.3) is 0 Å². The number of para-hydroxylation sites is 1. The van der Waals surface area contributed by atoms with Crippen molar-refractivity contribution in [1.82, 2.24) is 0 Å². The third kappa shape index (κ3) is 1.65. The molecule has 2 aliphatic rings. The van der Waals surface area contributed by atoms with Crippen LogP contribution < -0.4 is 11.1 Å². The highest BCUT2D eigenvalue weighted by Gasteiger charge is 2.36. The highest BCUT2D eigenvalue weighted by molar-refractivity contribution is 6.04. The van der Waals surface area contributed by atoms with E-state index in [2.05, 4.69) is 16.4 Å². The number of hydrogen-bond donors (Lipinski definition) is 2. The van der Waals surface area contributed by atoms with E-state index in [-0.39, 0.29) is 18.1 Å². The van der Waals surface area contributed by atoms with Crippen molar-refractivity contribution in [3.05, 3.63) is 29.8 Å². The molecule has 0 saturated heterocycles. The lowest BCUT2D eigenvalue weighted by atomic mass is 10.0. The molecule has 3 rings (SSSR count). The second-order valence-electron chi connectivity index (χ2n) is 4.41. The van der Waals surface area contributed by atoms with E-state index >= 15 is 0 Å². The molecule has 1 heterocycles. The Hall–Kier alpha value is -1.22. The summed E-state index contributed by atoms with van der Waals surface area (Å²) >= 11 is 0. The minimum absolute atomic E-state index is 0. The van der Waals surface area contributed by atoms with Crippen molar-refractivity contribution in [2.45, 2.75) is 31.3 Å². The van der Waals surface area contributed by atoms with Crippen LogP contribution in [0.2, 0.25) is 0 Å². The predicted octanol–water partition coefficient (Wildman–Crippen LogP) is 2.51. The maximum atomic E-state index is 6.01. The van der Waals surface area contributed by atoms with Crippen LogP contribution in [0.5, 0.6) is 0 Å². The second kappa shape index (κ2) is 3.98. The molecule has 86 valence electrons. The predicted molar refractivity (Wildman–Crippen MR) is 69.2 cm³/mol. The smallest absolute Gasteiger partial charge is 0.131 e. The van der Waals surface area contributed by atoms with Gasteiger partial charge in [0.25, 0.3) is 0 Å². The number of fused-ring (bicyclic) bond motifs is 1. The van der Waals surface area contributed by atoms with Crippen molar-refractivity contribution in [3.8, 4) is 0 Å². The zero-order valence-corrected chi connectivity index (χ0v) is 9.89. The summed E-state index contributed by atoms with van der Waals surface area (Å²) in [5, 5.41) is 3.54. The molecule has 0 atom stereocenters. The Labute approximate surface area is 102 Å². The van der Waals surface area contributed by atoms with Crippen molar-refractivity contribution < 1.29 is 0 Å². The number of benzene rings is 1. The first kappa shape index (κ1) is 11.3. The van der Waals surface area contributed by atoms with Crippen molar-refractivity contribution in [3.63, 3.8) is 0 Å². The molecule has 1 aliphatic carbocycles. The van der Waals surface area contributed by atoms with Crippen LogP contribution in [0, 0.1) is 0 Å². The number of anilines is 1. The van der Waals surface area contributed by atoms with Gasteiger partial charge in [-0.2, -0.15) is 0 Å². The van der Waals surface area contributed by atoms with Gasteiger partial charge in [-0.1, -0.05) is 12.1 Å². The zero-order chi connectivity index (χ0) is 10.3. The molecule has 3 nitrogen and oxygen atoms in total. The Morgan fingerprint density at radius 1 is 1.19 bits per heavy atom. The molecule has 1 saturated carbocycles. The number of hydrogen-bond acceptors (Lipinski definition) is 3. The number of nitrogens with two attached hydrogens (primary N) is 1. The van der Waals surface area contributed by atoms with Gasteiger partial charge in [-0.3, -0.25) is 0 Å². The van der Waals surface area contributed by atoms with E-state index in [0.29, 0.717) is 5.84 Å². The fourth-order valence-electron chi connectivity index (χ4n) is 2.58. The zero-order valence-electron chi connectivity index (χ0n) is 9.07. The molecule has 0 radical (unpaired) electrons. The van der Waals surface area contributed by atoms with E-state index in [0.717, 1.165) is 24.1 Å². The van der Waals surface area contributed by atoms with Gasteiger partial charge in [0.15, 0.2) is 0 Å². The lowest BCUT2D eigenvalue weighted by Crippen LogP contribution is -2.40. The molecular formula is C12H16ClN3. The Kier molecular flexibility index (Phi) is 2.80. The molecule has 0 amide bonds. The van der Waals surface area contributed by atoms with E-state index < -0.39 is 0 Å². The van der Waals surface area contributed by atoms with Gasteiger partial charge in [0.05, 0.1) is 0 Å².